The van der Waals surface area contributed by atoms with Gasteiger partial charge >= 0.3 is 11.8 Å². The van der Waals surface area contributed by atoms with Crippen LogP contribution >= 0.6 is 0 Å². The molecule has 0 aromatic rings. The monoisotopic (exact) mass is 198 g/mol. The molecule has 76 valence electrons. The molecule has 0 fully saturated rings. The molecule has 0 rings (SSSR count). The van der Waals surface area contributed by atoms with Gasteiger partial charge in [0.15, 0.2) is 0 Å². The van der Waals surface area contributed by atoms with Crippen LogP contribution in [-0.4, -0.2) is 37.9 Å². The zero-order valence-corrected chi connectivity index (χ0v) is 7.59. The summed E-state index contributed by atoms with van der Waals surface area (Å²) in [6.07, 6.45) is 0. The van der Waals surface area contributed by atoms with Gasteiger partial charge in [-0.15, -0.1) is 0 Å². The molecule has 0 heterocycles. The van der Waals surface area contributed by atoms with Crippen molar-refractivity contribution in [2.75, 3.05) is 20.1 Å². The minimum absolute atomic E-state index is 0.244. The fourth-order valence-corrected chi connectivity index (χ4v) is 0.529. The van der Waals surface area contributed by atoms with E-state index in [9.17, 15) is 14.4 Å². The smallest absolute Gasteiger partial charge is 0.310 e. The van der Waals surface area contributed by atoms with Crippen LogP contribution in [0.3, 0.4) is 0 Å². The molecule has 0 aliphatic heterocycles. The Morgan fingerprint density at radius 3 is 2.29 bits per heavy atom. The van der Waals surface area contributed by atoms with Crippen LogP contribution < -0.4 is 16.0 Å². The highest BCUT2D eigenvalue weighted by molar-refractivity contribution is 6.35. The molecule has 0 spiro atoms. The van der Waals surface area contributed by atoms with Gasteiger partial charge in [-0.25, -0.2) is 0 Å². The van der Waals surface area contributed by atoms with E-state index in [1.807, 2.05) is 5.32 Å². The second-order valence-electron chi connectivity index (χ2n) is 2.20. The Bertz CT molecular complexity index is 281. The van der Waals surface area contributed by atoms with Crippen LogP contribution in [-0.2, 0) is 14.4 Å². The van der Waals surface area contributed by atoms with Gasteiger partial charge in [0, 0.05) is 7.05 Å². The zero-order valence-electron chi connectivity index (χ0n) is 7.59. The first kappa shape index (κ1) is 11.9. The Morgan fingerprint density at radius 1 is 1.21 bits per heavy atom. The topological polar surface area (TPSA) is 111 Å². The minimum Gasteiger partial charge on any atom is -0.358 e. The van der Waals surface area contributed by atoms with Gasteiger partial charge in [-0.05, 0) is 0 Å². The predicted octanol–water partition coefficient (Wildman–Crippen LogP) is -2.51. The maximum absolute atomic E-state index is 10.9. The normalized spacial score (nSPS) is 8.29. The zero-order chi connectivity index (χ0) is 11.0. The molecule has 0 atom stereocenters. The quantitative estimate of drug-likeness (QED) is 0.343. The van der Waals surface area contributed by atoms with Gasteiger partial charge in [-0.1, -0.05) is 0 Å². The number of nitrogens with one attached hydrogen (secondary N) is 3. The summed E-state index contributed by atoms with van der Waals surface area (Å²) in [5.74, 6) is -2.29. The first-order valence-corrected chi connectivity index (χ1v) is 3.75. The molecule has 3 N–H and O–H groups in total. The van der Waals surface area contributed by atoms with E-state index in [1.54, 1.807) is 6.07 Å². The lowest BCUT2D eigenvalue weighted by Gasteiger charge is -2.02. The number of amides is 3. The number of carbonyl (C=O) groups is 3. The molecular formula is C7H10N4O3. The van der Waals surface area contributed by atoms with Gasteiger partial charge in [0.05, 0.1) is 12.6 Å². The van der Waals surface area contributed by atoms with Crippen LogP contribution in [0.1, 0.15) is 0 Å². The molecule has 0 saturated heterocycles. The molecule has 7 heteroatoms. The van der Waals surface area contributed by atoms with Crippen LogP contribution in [0.25, 0.3) is 0 Å². The summed E-state index contributed by atoms with van der Waals surface area (Å²) in [7, 11) is 1.41. The maximum atomic E-state index is 10.9. The number of hydrogen-bond acceptors (Lipinski definition) is 4. The van der Waals surface area contributed by atoms with Crippen molar-refractivity contribution in [3.8, 4) is 6.07 Å². The Morgan fingerprint density at radius 2 is 1.79 bits per heavy atom. The van der Waals surface area contributed by atoms with E-state index < -0.39 is 17.7 Å². The predicted molar refractivity (Wildman–Crippen MR) is 45.7 cm³/mol. The summed E-state index contributed by atoms with van der Waals surface area (Å²) < 4.78 is 0. The standard InChI is InChI=1S/C7H10N4O3/c1-9-5(12)4-11-7(14)6(13)10-3-2-8/h3-4H2,1H3,(H,9,12)(H,10,13)(H,11,14). The van der Waals surface area contributed by atoms with Gasteiger partial charge in [0.25, 0.3) is 0 Å². The van der Waals surface area contributed by atoms with Crippen molar-refractivity contribution >= 4 is 17.7 Å². The van der Waals surface area contributed by atoms with E-state index in [-0.39, 0.29) is 13.1 Å². The molecule has 0 aromatic carbocycles. The SMILES string of the molecule is CNC(=O)CNC(=O)C(=O)NCC#N. The molecule has 14 heavy (non-hydrogen) atoms. The van der Waals surface area contributed by atoms with Gasteiger partial charge in [0.1, 0.15) is 6.54 Å². The van der Waals surface area contributed by atoms with Crippen LogP contribution in [0.2, 0.25) is 0 Å². The van der Waals surface area contributed by atoms with E-state index in [4.69, 9.17) is 5.26 Å². The summed E-state index contributed by atoms with van der Waals surface area (Å²) in [4.78, 5) is 32.3. The number of hydrogen-bond donors (Lipinski definition) is 3. The van der Waals surface area contributed by atoms with Gasteiger partial charge in [-0.3, -0.25) is 14.4 Å². The van der Waals surface area contributed by atoms with Crippen molar-refractivity contribution < 1.29 is 14.4 Å². The van der Waals surface area contributed by atoms with Crippen molar-refractivity contribution in [3.05, 3.63) is 0 Å². The molecule has 0 aliphatic rings. The highest BCUT2D eigenvalue weighted by Crippen LogP contribution is 1.68. The summed E-state index contributed by atoms with van der Waals surface area (Å²) in [5, 5.41) is 14.5. The Labute approximate surface area is 80.5 Å². The number of likely N-dealkylation sites (N-methyl/N-ethyl adjacent to an activating group) is 1. The van der Waals surface area contributed by atoms with Gasteiger partial charge in [-0.2, -0.15) is 5.26 Å². The Hall–Kier alpha value is -2.10. The summed E-state index contributed by atoms with van der Waals surface area (Å²) in [5.41, 5.74) is 0. The second-order valence-corrected chi connectivity index (χ2v) is 2.20. The van der Waals surface area contributed by atoms with E-state index in [2.05, 4.69) is 10.6 Å². The van der Waals surface area contributed by atoms with Gasteiger partial charge in [0.2, 0.25) is 5.91 Å². The summed E-state index contributed by atoms with van der Waals surface area (Å²) in [6.45, 7) is -0.512. The van der Waals surface area contributed by atoms with Crippen LogP contribution in [0, 0.1) is 11.3 Å². The third-order valence-corrected chi connectivity index (χ3v) is 1.22. The average molecular weight is 198 g/mol. The van der Waals surface area contributed by atoms with Gasteiger partial charge < -0.3 is 16.0 Å². The summed E-state index contributed by atoms with van der Waals surface area (Å²) in [6, 6.07) is 1.64. The number of nitriles is 1. The highest BCUT2D eigenvalue weighted by Gasteiger charge is 2.12. The molecule has 0 radical (unpaired) electrons. The number of nitrogens with zero attached hydrogens (tertiary/aromatic N) is 1. The minimum atomic E-state index is -0.941. The molecule has 7 nitrogen and oxygen atoms in total. The van der Waals surface area contributed by atoms with Crippen molar-refractivity contribution in [1.82, 2.24) is 16.0 Å². The Kier molecular flexibility index (Phi) is 5.46. The molecule has 0 bridgehead atoms. The van der Waals surface area contributed by atoms with Crippen molar-refractivity contribution in [2.24, 2.45) is 0 Å². The lowest BCUT2D eigenvalue weighted by atomic mass is 10.5. The van der Waals surface area contributed by atoms with E-state index in [0.717, 1.165) is 0 Å². The second kappa shape index (κ2) is 6.42. The van der Waals surface area contributed by atoms with Crippen LogP contribution in [0.5, 0.6) is 0 Å². The largest absolute Gasteiger partial charge is 0.358 e. The molecule has 0 aromatic heterocycles. The fourth-order valence-electron chi connectivity index (χ4n) is 0.529. The molecule has 0 unspecified atom stereocenters. The highest BCUT2D eigenvalue weighted by atomic mass is 16.2. The first-order chi connectivity index (χ1) is 6.61. The third-order valence-electron chi connectivity index (χ3n) is 1.22. The molecular weight excluding hydrogens is 188 g/mol. The molecule has 3 amide bonds. The Balaban J connectivity index is 3.80. The maximum Gasteiger partial charge on any atom is 0.310 e. The van der Waals surface area contributed by atoms with E-state index in [1.165, 1.54) is 7.05 Å². The van der Waals surface area contributed by atoms with Crippen molar-refractivity contribution in [1.29, 1.82) is 5.26 Å². The van der Waals surface area contributed by atoms with E-state index >= 15 is 0 Å². The fraction of sp³-hybridized carbons (Fsp3) is 0.429. The van der Waals surface area contributed by atoms with Crippen molar-refractivity contribution in [2.45, 2.75) is 0 Å². The lowest BCUT2D eigenvalue weighted by Crippen LogP contribution is -2.43. The van der Waals surface area contributed by atoms with Crippen LogP contribution in [0.15, 0.2) is 0 Å². The third kappa shape index (κ3) is 4.71. The molecule has 0 saturated carbocycles. The summed E-state index contributed by atoms with van der Waals surface area (Å²) >= 11 is 0. The van der Waals surface area contributed by atoms with E-state index in [0.29, 0.717) is 0 Å². The first-order valence-electron chi connectivity index (χ1n) is 3.75. The number of carbonyl (C=O) groups excluding carboxylic acids is 3. The molecule has 0 aliphatic carbocycles. The average Bonchev–Trinajstić information content (AvgIpc) is 2.21. The van der Waals surface area contributed by atoms with Crippen LogP contribution in [0.4, 0.5) is 0 Å². The number of rotatable bonds is 3. The lowest BCUT2D eigenvalue weighted by molar-refractivity contribution is -0.139. The van der Waals surface area contributed by atoms with Crippen molar-refractivity contribution in [3.63, 3.8) is 0 Å².